The van der Waals surface area contributed by atoms with Crippen LogP contribution in [0.25, 0.3) is 0 Å². The Bertz CT molecular complexity index is 635. The van der Waals surface area contributed by atoms with Crippen LogP contribution in [0, 0.1) is 0 Å². The van der Waals surface area contributed by atoms with E-state index in [9.17, 15) is 4.79 Å². The minimum Gasteiger partial charge on any atom is -0.350 e. The van der Waals surface area contributed by atoms with E-state index in [1.54, 1.807) is 11.3 Å². The number of carbonyl (C=O) groups excluding carboxylic acids is 1. The Labute approximate surface area is 129 Å². The molecular weight excluding hydrogens is 280 g/mol. The first-order valence-electron chi connectivity index (χ1n) is 7.41. The van der Waals surface area contributed by atoms with E-state index in [1.807, 2.05) is 12.1 Å². The van der Waals surface area contributed by atoms with Crippen molar-refractivity contribution in [1.82, 2.24) is 10.6 Å². The van der Waals surface area contributed by atoms with Crippen molar-refractivity contribution in [1.29, 1.82) is 0 Å². The fraction of sp³-hybridized carbons (Fsp3) is 0.353. The molecule has 1 amide bonds. The van der Waals surface area contributed by atoms with Gasteiger partial charge in [-0.1, -0.05) is 31.2 Å². The first-order chi connectivity index (χ1) is 10.3. The number of aryl methyl sites for hydroxylation is 1. The zero-order valence-corrected chi connectivity index (χ0v) is 13.0. The predicted molar refractivity (Wildman–Crippen MR) is 86.3 cm³/mol. The highest BCUT2D eigenvalue weighted by Crippen LogP contribution is 2.18. The van der Waals surface area contributed by atoms with Crippen molar-refractivity contribution in [3.05, 3.63) is 57.3 Å². The van der Waals surface area contributed by atoms with E-state index in [-0.39, 0.29) is 11.9 Å². The van der Waals surface area contributed by atoms with Crippen molar-refractivity contribution in [3.8, 4) is 0 Å². The number of rotatable bonds is 4. The molecule has 0 fully saturated rings. The minimum atomic E-state index is -0.120. The van der Waals surface area contributed by atoms with Gasteiger partial charge in [-0.3, -0.25) is 4.79 Å². The number of carbonyl (C=O) groups is 1. The Morgan fingerprint density at radius 3 is 2.95 bits per heavy atom. The van der Waals surface area contributed by atoms with Crippen LogP contribution >= 0.6 is 11.3 Å². The number of hydrogen-bond acceptors (Lipinski definition) is 3. The molecule has 3 rings (SSSR count). The maximum Gasteiger partial charge on any atom is 0.237 e. The number of amides is 1. The van der Waals surface area contributed by atoms with Crippen LogP contribution in [0.5, 0.6) is 0 Å². The van der Waals surface area contributed by atoms with Gasteiger partial charge in [-0.15, -0.1) is 11.3 Å². The third-order valence-corrected chi connectivity index (χ3v) is 5.00. The molecule has 3 nitrogen and oxygen atoms in total. The summed E-state index contributed by atoms with van der Waals surface area (Å²) in [7, 11) is 0. The van der Waals surface area contributed by atoms with E-state index in [1.165, 1.54) is 21.6 Å². The molecule has 0 unspecified atom stereocenters. The zero-order chi connectivity index (χ0) is 14.7. The maximum atomic E-state index is 12.3. The lowest BCUT2D eigenvalue weighted by molar-refractivity contribution is -0.123. The highest BCUT2D eigenvalue weighted by Gasteiger charge is 2.23. The second-order valence-corrected chi connectivity index (χ2v) is 6.35. The van der Waals surface area contributed by atoms with Gasteiger partial charge in [0.1, 0.15) is 0 Å². The van der Waals surface area contributed by atoms with Gasteiger partial charge in [0, 0.05) is 11.4 Å². The van der Waals surface area contributed by atoms with E-state index < -0.39 is 0 Å². The second kappa shape index (κ2) is 6.41. The van der Waals surface area contributed by atoms with Crippen molar-refractivity contribution in [2.75, 3.05) is 0 Å². The van der Waals surface area contributed by atoms with Crippen LogP contribution in [0.2, 0.25) is 0 Å². The molecule has 0 radical (unpaired) electrons. The van der Waals surface area contributed by atoms with Gasteiger partial charge in [0.15, 0.2) is 0 Å². The number of hydrogen-bond donors (Lipinski definition) is 2. The Hall–Kier alpha value is -1.65. The van der Waals surface area contributed by atoms with Gasteiger partial charge >= 0.3 is 0 Å². The highest BCUT2D eigenvalue weighted by molar-refractivity contribution is 7.10. The fourth-order valence-corrected chi connectivity index (χ4v) is 3.68. The smallest absolute Gasteiger partial charge is 0.237 e. The minimum absolute atomic E-state index is 0.0972. The Kier molecular flexibility index (Phi) is 4.36. The lowest BCUT2D eigenvalue weighted by atomic mass is 9.95. The average molecular weight is 300 g/mol. The summed E-state index contributed by atoms with van der Waals surface area (Å²) in [4.78, 5) is 13.6. The van der Waals surface area contributed by atoms with Gasteiger partial charge in [-0.25, -0.2) is 0 Å². The lowest BCUT2D eigenvalue weighted by Crippen LogP contribution is -2.47. The molecule has 2 aromatic rings. The molecule has 0 saturated heterocycles. The summed E-state index contributed by atoms with van der Waals surface area (Å²) in [5.74, 6) is 0.0972. The number of fused-ring (bicyclic) bond motifs is 1. The van der Waals surface area contributed by atoms with Gasteiger partial charge in [-0.2, -0.15) is 0 Å². The van der Waals surface area contributed by atoms with Crippen LogP contribution in [0.15, 0.2) is 35.7 Å². The van der Waals surface area contributed by atoms with Crippen molar-refractivity contribution in [2.24, 2.45) is 0 Å². The summed E-state index contributed by atoms with van der Waals surface area (Å²) in [6.45, 7) is 3.56. The molecule has 0 bridgehead atoms. The van der Waals surface area contributed by atoms with E-state index in [2.05, 4.69) is 41.1 Å². The van der Waals surface area contributed by atoms with Gasteiger partial charge in [0.2, 0.25) is 5.91 Å². The van der Waals surface area contributed by atoms with Crippen LogP contribution in [0.1, 0.15) is 28.5 Å². The molecule has 2 heterocycles. The molecule has 1 aromatic heterocycles. The molecule has 21 heavy (non-hydrogen) atoms. The summed E-state index contributed by atoms with van der Waals surface area (Å²) >= 11 is 1.72. The zero-order valence-electron chi connectivity index (χ0n) is 12.2. The molecule has 0 aliphatic carbocycles. The monoisotopic (exact) mass is 300 g/mol. The normalized spacial score (nSPS) is 17.3. The van der Waals surface area contributed by atoms with Crippen LogP contribution in [0.3, 0.4) is 0 Å². The second-order valence-electron chi connectivity index (χ2n) is 5.35. The first kappa shape index (κ1) is 14.3. The van der Waals surface area contributed by atoms with Crippen molar-refractivity contribution >= 4 is 17.2 Å². The van der Waals surface area contributed by atoms with Gasteiger partial charge in [0.05, 0.1) is 12.6 Å². The summed E-state index contributed by atoms with van der Waals surface area (Å²) in [6.07, 6.45) is 1.79. The highest BCUT2D eigenvalue weighted by atomic mass is 32.1. The topological polar surface area (TPSA) is 41.1 Å². The molecule has 1 aliphatic rings. The predicted octanol–water partition coefficient (Wildman–Crippen LogP) is 2.64. The van der Waals surface area contributed by atoms with Crippen molar-refractivity contribution in [3.63, 3.8) is 0 Å². The molecule has 2 N–H and O–H groups in total. The summed E-state index contributed by atoms with van der Waals surface area (Å²) in [5, 5.41) is 8.49. The molecule has 110 valence electrons. The Balaban J connectivity index is 1.60. The Morgan fingerprint density at radius 2 is 2.14 bits per heavy atom. The number of thiophene rings is 1. The largest absolute Gasteiger partial charge is 0.350 e. The van der Waals surface area contributed by atoms with Gasteiger partial charge in [-0.05, 0) is 41.0 Å². The molecule has 1 aliphatic heterocycles. The van der Waals surface area contributed by atoms with E-state index in [0.29, 0.717) is 6.54 Å². The molecule has 0 saturated carbocycles. The number of benzene rings is 1. The average Bonchev–Trinajstić information content (AvgIpc) is 2.99. The molecule has 1 atom stereocenters. The summed E-state index contributed by atoms with van der Waals surface area (Å²) in [6, 6.07) is 10.3. The third kappa shape index (κ3) is 3.17. The molecule has 4 heteroatoms. The molecule has 1 aromatic carbocycles. The third-order valence-electron chi connectivity index (χ3n) is 4.04. The summed E-state index contributed by atoms with van der Waals surface area (Å²) < 4.78 is 0. The van der Waals surface area contributed by atoms with Crippen LogP contribution < -0.4 is 10.6 Å². The standard InChI is InChI=1S/C17H20N2OS/c1-2-12-7-8-21-16(12)11-19-17(20)15-9-13-5-3-4-6-14(13)10-18-15/h3-8,15,18H,2,9-11H2,1H3,(H,19,20)/t15-/m0/s1. The lowest BCUT2D eigenvalue weighted by Gasteiger charge is -2.25. The Morgan fingerprint density at radius 1 is 1.33 bits per heavy atom. The maximum absolute atomic E-state index is 12.3. The van der Waals surface area contributed by atoms with Gasteiger partial charge in [0.25, 0.3) is 0 Å². The molecule has 0 spiro atoms. The number of nitrogens with one attached hydrogen (secondary N) is 2. The van der Waals surface area contributed by atoms with Gasteiger partial charge < -0.3 is 10.6 Å². The quantitative estimate of drug-likeness (QED) is 0.911. The summed E-state index contributed by atoms with van der Waals surface area (Å²) in [5.41, 5.74) is 3.91. The van der Waals surface area contributed by atoms with Crippen LogP contribution in [0.4, 0.5) is 0 Å². The van der Waals surface area contributed by atoms with Crippen molar-refractivity contribution < 1.29 is 4.79 Å². The SMILES string of the molecule is CCc1ccsc1CNC(=O)[C@@H]1Cc2ccccc2CN1. The van der Waals surface area contributed by atoms with Crippen LogP contribution in [-0.4, -0.2) is 11.9 Å². The van der Waals surface area contributed by atoms with E-state index in [4.69, 9.17) is 0 Å². The van der Waals surface area contributed by atoms with E-state index >= 15 is 0 Å². The van der Waals surface area contributed by atoms with E-state index in [0.717, 1.165) is 19.4 Å². The van der Waals surface area contributed by atoms with Crippen LogP contribution in [-0.2, 0) is 30.7 Å². The molecular formula is C17H20N2OS. The first-order valence-corrected chi connectivity index (χ1v) is 8.29. The van der Waals surface area contributed by atoms with Crippen molar-refractivity contribution in [2.45, 2.75) is 38.9 Å². The fourth-order valence-electron chi connectivity index (χ4n) is 2.77.